The summed E-state index contributed by atoms with van der Waals surface area (Å²) < 4.78 is 0. The van der Waals surface area contributed by atoms with Gasteiger partial charge in [-0.05, 0) is 87.5 Å². The van der Waals surface area contributed by atoms with E-state index in [0.29, 0.717) is 5.41 Å². The first-order valence-electron chi connectivity index (χ1n) is 10.1. The first kappa shape index (κ1) is 17.1. The lowest BCUT2D eigenvalue weighted by Crippen LogP contribution is -2.47. The van der Waals surface area contributed by atoms with Gasteiger partial charge in [-0.1, -0.05) is 22.8 Å². The molecule has 0 radical (unpaired) electrons. The standard InChI is InChI=1S/C21H32N2O2/c1-4-21-12-11-17-16-8-6-15(22-24-2)13-14(16)5-7-18(17)19(21)9-10-20(21)23-25-3/h13,16-19H,4-12H2,1-3H3/b22-15-,23-20-/t16-,17+,18+,19-,21-/m0/s1. The maximum Gasteiger partial charge on any atom is 0.106 e. The van der Waals surface area contributed by atoms with Crippen molar-refractivity contribution in [2.24, 2.45) is 39.4 Å². The summed E-state index contributed by atoms with van der Waals surface area (Å²) in [6.07, 6.45) is 13.6. The molecule has 0 N–H and O–H groups in total. The van der Waals surface area contributed by atoms with Crippen molar-refractivity contribution >= 4 is 11.4 Å². The van der Waals surface area contributed by atoms with E-state index in [1.807, 2.05) is 0 Å². The largest absolute Gasteiger partial charge is 0.399 e. The molecular formula is C21H32N2O2. The summed E-state index contributed by atoms with van der Waals surface area (Å²) >= 11 is 0. The Morgan fingerprint density at radius 1 is 1.00 bits per heavy atom. The first-order valence-corrected chi connectivity index (χ1v) is 10.1. The zero-order valence-electron chi connectivity index (χ0n) is 16.0. The van der Waals surface area contributed by atoms with E-state index in [1.165, 1.54) is 50.7 Å². The molecule has 0 spiro atoms. The predicted molar refractivity (Wildman–Crippen MR) is 101 cm³/mol. The Labute approximate surface area is 151 Å². The van der Waals surface area contributed by atoms with Crippen LogP contribution in [0.5, 0.6) is 0 Å². The fourth-order valence-corrected chi connectivity index (χ4v) is 6.88. The Kier molecular flexibility index (Phi) is 4.63. The fourth-order valence-electron chi connectivity index (χ4n) is 6.88. The first-order chi connectivity index (χ1) is 12.2. The molecule has 0 aliphatic heterocycles. The zero-order valence-corrected chi connectivity index (χ0v) is 16.0. The van der Waals surface area contributed by atoms with Crippen LogP contribution >= 0.6 is 0 Å². The summed E-state index contributed by atoms with van der Waals surface area (Å²) in [6.45, 7) is 2.37. The minimum atomic E-state index is 0.329. The van der Waals surface area contributed by atoms with Crippen LogP contribution in [0.15, 0.2) is 22.0 Å². The smallest absolute Gasteiger partial charge is 0.106 e. The van der Waals surface area contributed by atoms with Crippen molar-refractivity contribution in [1.29, 1.82) is 0 Å². The van der Waals surface area contributed by atoms with Crippen LogP contribution in [0.3, 0.4) is 0 Å². The van der Waals surface area contributed by atoms with Gasteiger partial charge in [-0.25, -0.2) is 0 Å². The Morgan fingerprint density at radius 2 is 1.84 bits per heavy atom. The maximum atomic E-state index is 5.21. The van der Waals surface area contributed by atoms with Gasteiger partial charge < -0.3 is 9.68 Å². The van der Waals surface area contributed by atoms with Crippen molar-refractivity contribution in [3.05, 3.63) is 11.6 Å². The van der Waals surface area contributed by atoms with E-state index in [0.717, 1.165) is 42.2 Å². The molecular weight excluding hydrogens is 312 g/mol. The highest BCUT2D eigenvalue weighted by Crippen LogP contribution is 2.62. The third-order valence-electron chi connectivity index (χ3n) is 7.83. The second-order valence-electron chi connectivity index (χ2n) is 8.41. The van der Waals surface area contributed by atoms with Crippen LogP contribution in [0.4, 0.5) is 0 Å². The normalized spacial score (nSPS) is 43.2. The molecule has 4 aliphatic carbocycles. The molecule has 4 aliphatic rings. The van der Waals surface area contributed by atoms with Crippen LogP contribution in [-0.2, 0) is 9.68 Å². The molecule has 3 fully saturated rings. The number of nitrogens with zero attached hydrogens (tertiary/aromatic N) is 2. The predicted octanol–water partition coefficient (Wildman–Crippen LogP) is 4.95. The van der Waals surface area contributed by atoms with Gasteiger partial charge >= 0.3 is 0 Å². The van der Waals surface area contributed by atoms with Gasteiger partial charge in [0.05, 0.1) is 11.4 Å². The van der Waals surface area contributed by atoms with E-state index in [1.54, 1.807) is 19.8 Å². The number of rotatable bonds is 3. The lowest BCUT2D eigenvalue weighted by Gasteiger charge is -2.53. The summed E-state index contributed by atoms with van der Waals surface area (Å²) in [6, 6.07) is 0. The Morgan fingerprint density at radius 3 is 2.60 bits per heavy atom. The Balaban J connectivity index is 1.60. The molecule has 0 heterocycles. The number of fused-ring (bicyclic) bond motifs is 5. The minimum Gasteiger partial charge on any atom is -0.399 e. The molecule has 0 unspecified atom stereocenters. The van der Waals surface area contributed by atoms with Gasteiger partial charge in [-0.2, -0.15) is 0 Å². The van der Waals surface area contributed by atoms with Crippen LogP contribution < -0.4 is 0 Å². The highest BCUT2D eigenvalue weighted by Gasteiger charge is 2.56. The van der Waals surface area contributed by atoms with Crippen LogP contribution in [0.1, 0.15) is 64.7 Å². The molecule has 0 amide bonds. The molecule has 4 nitrogen and oxygen atoms in total. The lowest BCUT2D eigenvalue weighted by atomic mass is 9.51. The van der Waals surface area contributed by atoms with Gasteiger partial charge in [-0.15, -0.1) is 0 Å². The molecule has 25 heavy (non-hydrogen) atoms. The Bertz CT molecular complexity index is 609. The highest BCUT2D eigenvalue weighted by molar-refractivity contribution is 5.96. The number of allylic oxidation sites excluding steroid dienone is 2. The van der Waals surface area contributed by atoms with Crippen molar-refractivity contribution in [3.63, 3.8) is 0 Å². The van der Waals surface area contributed by atoms with Crippen molar-refractivity contribution in [1.82, 2.24) is 0 Å². The van der Waals surface area contributed by atoms with Crippen LogP contribution in [-0.4, -0.2) is 25.6 Å². The van der Waals surface area contributed by atoms with Gasteiger partial charge in [-0.3, -0.25) is 0 Å². The topological polar surface area (TPSA) is 43.2 Å². The van der Waals surface area contributed by atoms with Crippen molar-refractivity contribution < 1.29 is 9.68 Å². The molecule has 4 heteroatoms. The van der Waals surface area contributed by atoms with E-state index in [9.17, 15) is 0 Å². The van der Waals surface area contributed by atoms with Crippen LogP contribution in [0.2, 0.25) is 0 Å². The summed E-state index contributed by atoms with van der Waals surface area (Å²) in [7, 11) is 3.35. The molecule has 5 atom stereocenters. The monoisotopic (exact) mass is 344 g/mol. The van der Waals surface area contributed by atoms with Gasteiger partial charge in [0.1, 0.15) is 14.2 Å². The van der Waals surface area contributed by atoms with E-state index in [-0.39, 0.29) is 0 Å². The van der Waals surface area contributed by atoms with Gasteiger partial charge in [0.15, 0.2) is 0 Å². The quantitative estimate of drug-likeness (QED) is 0.680. The summed E-state index contributed by atoms with van der Waals surface area (Å²) in [4.78, 5) is 10.2. The molecule has 138 valence electrons. The van der Waals surface area contributed by atoms with Gasteiger partial charge in [0, 0.05) is 5.41 Å². The van der Waals surface area contributed by atoms with Crippen molar-refractivity contribution in [2.45, 2.75) is 64.7 Å². The molecule has 0 aromatic heterocycles. The lowest BCUT2D eigenvalue weighted by molar-refractivity contribution is 0.0130. The second kappa shape index (κ2) is 6.77. The average Bonchev–Trinajstić information content (AvgIpc) is 3.01. The molecule has 0 aromatic carbocycles. The number of hydrogen-bond donors (Lipinski definition) is 0. The summed E-state index contributed by atoms with van der Waals surface area (Å²) in [5.41, 5.74) is 4.48. The highest BCUT2D eigenvalue weighted by atomic mass is 16.6. The third-order valence-corrected chi connectivity index (χ3v) is 7.83. The molecule has 3 saturated carbocycles. The molecule has 0 bridgehead atoms. The summed E-state index contributed by atoms with van der Waals surface area (Å²) in [5, 5.41) is 8.67. The van der Waals surface area contributed by atoms with E-state index >= 15 is 0 Å². The molecule has 0 aromatic rings. The average molecular weight is 344 g/mol. The van der Waals surface area contributed by atoms with Gasteiger partial charge in [0.2, 0.25) is 0 Å². The molecule has 0 saturated heterocycles. The number of hydrogen-bond acceptors (Lipinski definition) is 4. The van der Waals surface area contributed by atoms with Crippen LogP contribution in [0.25, 0.3) is 0 Å². The van der Waals surface area contributed by atoms with Crippen molar-refractivity contribution in [3.8, 4) is 0 Å². The maximum absolute atomic E-state index is 5.21. The minimum absolute atomic E-state index is 0.329. The van der Waals surface area contributed by atoms with Gasteiger partial charge in [0.25, 0.3) is 0 Å². The van der Waals surface area contributed by atoms with E-state index < -0.39 is 0 Å². The zero-order chi connectivity index (χ0) is 17.4. The third kappa shape index (κ3) is 2.63. The van der Waals surface area contributed by atoms with Crippen LogP contribution in [0, 0.1) is 29.1 Å². The molecule has 4 rings (SSSR count). The fraction of sp³-hybridized carbons (Fsp3) is 0.810. The van der Waals surface area contributed by atoms with E-state index in [2.05, 4.69) is 23.3 Å². The number of oxime groups is 2. The SMILES string of the molecule is CC[C@]12CC[C@H]3[C@@H](CCC4=C/C(=N\OC)CC[C@@H]43)[C@@H]1CC/C2=N/OC. The Hall–Kier alpha value is -1.32. The van der Waals surface area contributed by atoms with E-state index in [4.69, 9.17) is 9.68 Å². The van der Waals surface area contributed by atoms with Crippen molar-refractivity contribution in [2.75, 3.05) is 14.2 Å². The summed E-state index contributed by atoms with van der Waals surface area (Å²) in [5.74, 6) is 3.35. The second-order valence-corrected chi connectivity index (χ2v) is 8.41.